The molecule has 0 aliphatic rings. The molecular formula is C16H21N3O3. The maximum Gasteiger partial charge on any atom is 0.251 e. The third kappa shape index (κ3) is 3.92. The van der Waals surface area contributed by atoms with Gasteiger partial charge < -0.3 is 14.8 Å². The van der Waals surface area contributed by atoms with Gasteiger partial charge in [-0.1, -0.05) is 19.9 Å². The first-order chi connectivity index (χ1) is 10.5. The van der Waals surface area contributed by atoms with E-state index < -0.39 is 0 Å². The summed E-state index contributed by atoms with van der Waals surface area (Å²) >= 11 is 0. The Bertz CT molecular complexity index is 637. The molecule has 2 rings (SSSR count). The third-order valence-electron chi connectivity index (χ3n) is 3.46. The van der Waals surface area contributed by atoms with Crippen molar-refractivity contribution in [2.45, 2.75) is 33.2 Å². The highest BCUT2D eigenvalue weighted by atomic mass is 16.4. The summed E-state index contributed by atoms with van der Waals surface area (Å²) in [7, 11) is 0. The van der Waals surface area contributed by atoms with Gasteiger partial charge in [0.05, 0.1) is 0 Å². The van der Waals surface area contributed by atoms with E-state index in [4.69, 9.17) is 9.52 Å². The molecule has 6 heteroatoms. The van der Waals surface area contributed by atoms with E-state index in [9.17, 15) is 4.79 Å². The Kier molecular flexibility index (Phi) is 5.27. The lowest BCUT2D eigenvalue weighted by molar-refractivity contribution is 0.0916. The van der Waals surface area contributed by atoms with Gasteiger partial charge in [0.15, 0.2) is 0 Å². The van der Waals surface area contributed by atoms with Crippen molar-refractivity contribution in [3.05, 3.63) is 35.7 Å². The minimum atomic E-state index is -0.176. The van der Waals surface area contributed by atoms with Crippen molar-refractivity contribution in [2.24, 2.45) is 5.92 Å². The number of aliphatic hydroxyl groups is 1. The molecule has 1 atom stereocenters. The van der Waals surface area contributed by atoms with Crippen LogP contribution in [-0.4, -0.2) is 33.9 Å². The molecule has 0 fully saturated rings. The Hall–Kier alpha value is -2.21. The lowest BCUT2D eigenvalue weighted by atomic mass is 10.0. The smallest absolute Gasteiger partial charge is 0.251 e. The average Bonchev–Trinajstić information content (AvgIpc) is 2.93. The van der Waals surface area contributed by atoms with Crippen molar-refractivity contribution in [3.63, 3.8) is 0 Å². The maximum atomic E-state index is 12.4. The molecule has 1 heterocycles. The standard InChI is InChI=1S/C16H21N3O3/c1-10(2)14(7-8-20)17-15(21)12-5-4-6-13(9-12)16-19-18-11(3)22-16/h4-6,9-10,14,20H,7-8H2,1-3H3,(H,17,21). The van der Waals surface area contributed by atoms with Crippen LogP contribution in [0.25, 0.3) is 11.5 Å². The van der Waals surface area contributed by atoms with E-state index in [1.807, 2.05) is 19.9 Å². The monoisotopic (exact) mass is 303 g/mol. The predicted octanol–water partition coefficient (Wildman–Crippen LogP) is 2.18. The number of aromatic nitrogens is 2. The number of aryl methyl sites for hydroxylation is 1. The first-order valence-corrected chi connectivity index (χ1v) is 7.33. The van der Waals surface area contributed by atoms with Gasteiger partial charge in [0.1, 0.15) is 0 Å². The fourth-order valence-electron chi connectivity index (χ4n) is 2.17. The lowest BCUT2D eigenvalue weighted by Crippen LogP contribution is -2.39. The van der Waals surface area contributed by atoms with Gasteiger partial charge in [-0.05, 0) is 30.5 Å². The highest BCUT2D eigenvalue weighted by Crippen LogP contribution is 2.19. The van der Waals surface area contributed by atoms with Gasteiger partial charge in [-0.25, -0.2) is 0 Å². The van der Waals surface area contributed by atoms with Crippen LogP contribution in [-0.2, 0) is 0 Å². The quantitative estimate of drug-likeness (QED) is 0.854. The van der Waals surface area contributed by atoms with Crippen molar-refractivity contribution in [1.29, 1.82) is 0 Å². The Balaban J connectivity index is 2.16. The molecule has 0 saturated heterocycles. The zero-order valence-corrected chi connectivity index (χ0v) is 13.0. The van der Waals surface area contributed by atoms with Crippen LogP contribution < -0.4 is 5.32 Å². The summed E-state index contributed by atoms with van der Waals surface area (Å²) < 4.78 is 5.38. The molecule has 0 aliphatic carbocycles. The van der Waals surface area contributed by atoms with E-state index in [0.717, 1.165) is 0 Å². The average molecular weight is 303 g/mol. The zero-order valence-electron chi connectivity index (χ0n) is 13.0. The molecule has 0 spiro atoms. The van der Waals surface area contributed by atoms with Gasteiger partial charge in [0.2, 0.25) is 11.8 Å². The van der Waals surface area contributed by atoms with Crippen molar-refractivity contribution in [1.82, 2.24) is 15.5 Å². The number of benzene rings is 1. The largest absolute Gasteiger partial charge is 0.421 e. The summed E-state index contributed by atoms with van der Waals surface area (Å²) in [6, 6.07) is 6.99. The summed E-state index contributed by atoms with van der Waals surface area (Å²) in [6.45, 7) is 5.79. The second-order valence-electron chi connectivity index (χ2n) is 5.54. The normalized spacial score (nSPS) is 12.4. The minimum absolute atomic E-state index is 0.0461. The molecule has 2 aromatic rings. The highest BCUT2D eigenvalue weighted by molar-refractivity contribution is 5.95. The first kappa shape index (κ1) is 16.2. The number of amides is 1. The second-order valence-corrected chi connectivity index (χ2v) is 5.54. The van der Waals surface area contributed by atoms with E-state index in [1.54, 1.807) is 25.1 Å². The highest BCUT2D eigenvalue weighted by Gasteiger charge is 2.17. The maximum absolute atomic E-state index is 12.4. The second kappa shape index (κ2) is 7.17. The molecule has 1 aromatic heterocycles. The fourth-order valence-corrected chi connectivity index (χ4v) is 2.17. The molecule has 0 aliphatic heterocycles. The minimum Gasteiger partial charge on any atom is -0.421 e. The summed E-state index contributed by atoms with van der Waals surface area (Å²) in [5.74, 6) is 0.943. The van der Waals surface area contributed by atoms with Gasteiger partial charge in [0.25, 0.3) is 5.91 Å². The number of rotatable bonds is 6. The van der Waals surface area contributed by atoms with Crippen molar-refractivity contribution >= 4 is 5.91 Å². The van der Waals surface area contributed by atoms with Gasteiger partial charge in [0, 0.05) is 30.7 Å². The van der Waals surface area contributed by atoms with Crippen LogP contribution in [0.15, 0.2) is 28.7 Å². The summed E-state index contributed by atoms with van der Waals surface area (Å²) in [5, 5.41) is 19.8. The summed E-state index contributed by atoms with van der Waals surface area (Å²) in [4.78, 5) is 12.4. The van der Waals surface area contributed by atoms with Gasteiger partial charge >= 0.3 is 0 Å². The number of aliphatic hydroxyl groups excluding tert-OH is 1. The SMILES string of the molecule is Cc1nnc(-c2cccc(C(=O)NC(CCO)C(C)C)c2)o1. The van der Waals surface area contributed by atoms with Crippen LogP contribution in [0.2, 0.25) is 0 Å². The third-order valence-corrected chi connectivity index (χ3v) is 3.46. The number of carbonyl (C=O) groups excluding carboxylic acids is 1. The van der Waals surface area contributed by atoms with E-state index >= 15 is 0 Å². The molecule has 1 aromatic carbocycles. The van der Waals surface area contributed by atoms with Gasteiger partial charge in [-0.3, -0.25) is 4.79 Å². The van der Waals surface area contributed by atoms with Crippen molar-refractivity contribution < 1.29 is 14.3 Å². The van der Waals surface area contributed by atoms with Gasteiger partial charge in [-0.2, -0.15) is 0 Å². The fraction of sp³-hybridized carbons (Fsp3) is 0.438. The number of nitrogens with zero attached hydrogens (tertiary/aromatic N) is 2. The van der Waals surface area contributed by atoms with E-state index in [2.05, 4.69) is 15.5 Å². The van der Waals surface area contributed by atoms with Gasteiger partial charge in [-0.15, -0.1) is 10.2 Å². The molecule has 0 saturated carbocycles. The predicted molar refractivity (Wildman–Crippen MR) is 82.3 cm³/mol. The topological polar surface area (TPSA) is 88.2 Å². The number of carbonyl (C=O) groups is 1. The van der Waals surface area contributed by atoms with E-state index in [0.29, 0.717) is 29.3 Å². The first-order valence-electron chi connectivity index (χ1n) is 7.33. The van der Waals surface area contributed by atoms with E-state index in [-0.39, 0.29) is 24.5 Å². The molecule has 0 radical (unpaired) electrons. The molecule has 1 amide bonds. The van der Waals surface area contributed by atoms with Crippen LogP contribution >= 0.6 is 0 Å². The Morgan fingerprint density at radius 1 is 1.36 bits per heavy atom. The van der Waals surface area contributed by atoms with Crippen LogP contribution in [0.3, 0.4) is 0 Å². The number of hydrogen-bond acceptors (Lipinski definition) is 5. The van der Waals surface area contributed by atoms with E-state index in [1.165, 1.54) is 0 Å². The van der Waals surface area contributed by atoms with Crippen LogP contribution in [0.1, 0.15) is 36.5 Å². The van der Waals surface area contributed by atoms with Crippen LogP contribution in [0, 0.1) is 12.8 Å². The Morgan fingerprint density at radius 3 is 2.73 bits per heavy atom. The van der Waals surface area contributed by atoms with Crippen LogP contribution in [0.5, 0.6) is 0 Å². The molecule has 6 nitrogen and oxygen atoms in total. The lowest BCUT2D eigenvalue weighted by Gasteiger charge is -2.21. The Morgan fingerprint density at radius 2 is 2.14 bits per heavy atom. The summed E-state index contributed by atoms with van der Waals surface area (Å²) in [5.41, 5.74) is 1.23. The molecular weight excluding hydrogens is 282 g/mol. The van der Waals surface area contributed by atoms with Crippen molar-refractivity contribution in [3.8, 4) is 11.5 Å². The molecule has 22 heavy (non-hydrogen) atoms. The van der Waals surface area contributed by atoms with Crippen molar-refractivity contribution in [2.75, 3.05) is 6.61 Å². The molecule has 0 bridgehead atoms. The molecule has 1 unspecified atom stereocenters. The molecule has 2 N–H and O–H groups in total. The summed E-state index contributed by atoms with van der Waals surface area (Å²) in [6.07, 6.45) is 0.534. The van der Waals surface area contributed by atoms with Crippen LogP contribution in [0.4, 0.5) is 0 Å². The zero-order chi connectivity index (χ0) is 16.1. The Labute approximate surface area is 129 Å². The number of hydrogen-bond donors (Lipinski definition) is 2. The molecule has 118 valence electrons. The number of nitrogens with one attached hydrogen (secondary N) is 1.